The largest absolute Gasteiger partial charge is 0.390 e. The lowest BCUT2D eigenvalue weighted by Gasteiger charge is -2.25. The number of hydrogen-bond acceptors (Lipinski definition) is 4. The van der Waals surface area contributed by atoms with E-state index in [1.165, 1.54) is 0 Å². The molecule has 4 nitrogen and oxygen atoms in total. The van der Waals surface area contributed by atoms with Crippen LogP contribution in [0.25, 0.3) is 0 Å². The van der Waals surface area contributed by atoms with E-state index in [2.05, 4.69) is 0 Å². The fourth-order valence-electron chi connectivity index (χ4n) is 2.27. The number of halogens is 1. The number of sulfone groups is 1. The van der Waals surface area contributed by atoms with Crippen molar-refractivity contribution in [3.05, 3.63) is 34.9 Å². The molecule has 0 unspecified atom stereocenters. The molecular formula is C12H16ClNO3S. The average molecular weight is 290 g/mol. The van der Waals surface area contributed by atoms with Crippen LogP contribution in [-0.4, -0.2) is 49.1 Å². The summed E-state index contributed by atoms with van der Waals surface area (Å²) in [6.07, 6.45) is -0.806. The van der Waals surface area contributed by atoms with Gasteiger partial charge in [0.2, 0.25) is 0 Å². The Morgan fingerprint density at radius 3 is 2.72 bits per heavy atom. The number of nitrogens with zero attached hydrogens (tertiary/aromatic N) is 1. The van der Waals surface area contributed by atoms with Crippen LogP contribution in [0.3, 0.4) is 0 Å². The minimum absolute atomic E-state index is 0.0191. The van der Waals surface area contributed by atoms with E-state index in [4.69, 9.17) is 11.6 Å². The molecule has 0 aliphatic carbocycles. The van der Waals surface area contributed by atoms with E-state index in [-0.39, 0.29) is 17.5 Å². The first kappa shape index (κ1) is 13.8. The summed E-state index contributed by atoms with van der Waals surface area (Å²) in [7, 11) is -1.29. The van der Waals surface area contributed by atoms with Crippen molar-refractivity contribution in [2.75, 3.05) is 18.6 Å². The van der Waals surface area contributed by atoms with Gasteiger partial charge in [0.25, 0.3) is 0 Å². The predicted molar refractivity (Wildman–Crippen MR) is 71.4 cm³/mol. The number of benzene rings is 1. The van der Waals surface area contributed by atoms with E-state index < -0.39 is 15.9 Å². The normalized spacial score (nSPS) is 26.7. The van der Waals surface area contributed by atoms with Gasteiger partial charge in [-0.05, 0) is 24.7 Å². The second-order valence-corrected chi connectivity index (χ2v) is 7.35. The monoisotopic (exact) mass is 289 g/mol. The Morgan fingerprint density at radius 1 is 1.44 bits per heavy atom. The number of likely N-dealkylation sites (N-methyl/N-ethyl adjacent to an activating group) is 1. The van der Waals surface area contributed by atoms with Gasteiger partial charge in [-0.2, -0.15) is 0 Å². The highest BCUT2D eigenvalue weighted by Crippen LogP contribution is 2.20. The van der Waals surface area contributed by atoms with Crippen LogP contribution in [0.4, 0.5) is 0 Å². The Labute approximate surface area is 112 Å². The van der Waals surface area contributed by atoms with Crippen LogP contribution in [0.2, 0.25) is 5.02 Å². The van der Waals surface area contributed by atoms with Crippen LogP contribution in [0.5, 0.6) is 0 Å². The molecule has 1 heterocycles. The first-order valence-electron chi connectivity index (χ1n) is 5.70. The zero-order valence-corrected chi connectivity index (χ0v) is 11.7. The van der Waals surface area contributed by atoms with E-state index in [1.807, 2.05) is 30.1 Å². The zero-order chi connectivity index (χ0) is 13.3. The molecule has 1 aliphatic rings. The second kappa shape index (κ2) is 5.17. The fourth-order valence-corrected chi connectivity index (χ4v) is 4.36. The van der Waals surface area contributed by atoms with Gasteiger partial charge in [0.05, 0.1) is 23.7 Å². The quantitative estimate of drug-likeness (QED) is 0.899. The Bertz CT molecular complexity index is 532. The van der Waals surface area contributed by atoms with Gasteiger partial charge in [-0.1, -0.05) is 23.7 Å². The summed E-state index contributed by atoms with van der Waals surface area (Å²) in [6.45, 7) is 0.567. The van der Waals surface area contributed by atoms with E-state index >= 15 is 0 Å². The van der Waals surface area contributed by atoms with Crippen molar-refractivity contribution >= 4 is 21.4 Å². The van der Waals surface area contributed by atoms with Gasteiger partial charge >= 0.3 is 0 Å². The minimum atomic E-state index is -3.11. The third-order valence-corrected chi connectivity index (χ3v) is 5.11. The van der Waals surface area contributed by atoms with E-state index in [0.29, 0.717) is 11.6 Å². The highest BCUT2D eigenvalue weighted by Gasteiger charge is 2.38. The maximum absolute atomic E-state index is 11.5. The molecule has 2 rings (SSSR count). The molecule has 0 aromatic heterocycles. The first-order valence-corrected chi connectivity index (χ1v) is 7.90. The van der Waals surface area contributed by atoms with Crippen molar-refractivity contribution in [3.8, 4) is 0 Å². The summed E-state index contributed by atoms with van der Waals surface area (Å²) >= 11 is 5.90. The Hall–Kier alpha value is -0.620. The van der Waals surface area contributed by atoms with Crippen LogP contribution < -0.4 is 0 Å². The maximum Gasteiger partial charge on any atom is 0.154 e. The minimum Gasteiger partial charge on any atom is -0.390 e. The van der Waals surface area contributed by atoms with Gasteiger partial charge in [-0.3, -0.25) is 4.90 Å². The highest BCUT2D eigenvalue weighted by atomic mass is 35.5. The summed E-state index contributed by atoms with van der Waals surface area (Å²) in [4.78, 5) is 1.86. The summed E-state index contributed by atoms with van der Waals surface area (Å²) < 4.78 is 22.9. The predicted octanol–water partition coefficient (Wildman–Crippen LogP) is 0.930. The molecule has 1 aliphatic heterocycles. The van der Waals surface area contributed by atoms with Gasteiger partial charge in [0, 0.05) is 11.6 Å². The molecule has 0 radical (unpaired) electrons. The standard InChI is InChI=1S/C12H16ClNO3S/c1-14(6-9-3-2-4-10(13)5-9)11-7-18(16,17)8-12(11)15/h2-5,11-12,15H,6-8H2,1H3/t11-,12+/m1/s1. The summed E-state index contributed by atoms with van der Waals surface area (Å²) in [5, 5.41) is 10.4. The Morgan fingerprint density at radius 2 is 2.17 bits per heavy atom. The lowest BCUT2D eigenvalue weighted by molar-refractivity contribution is 0.0958. The lowest BCUT2D eigenvalue weighted by atomic mass is 10.1. The Kier molecular flexibility index (Phi) is 3.96. The van der Waals surface area contributed by atoms with Crippen molar-refractivity contribution in [2.24, 2.45) is 0 Å². The lowest BCUT2D eigenvalue weighted by Crippen LogP contribution is -2.40. The molecular weight excluding hydrogens is 274 g/mol. The Balaban J connectivity index is 2.07. The molecule has 2 atom stereocenters. The van der Waals surface area contributed by atoms with Crippen LogP contribution in [-0.2, 0) is 16.4 Å². The van der Waals surface area contributed by atoms with Crippen LogP contribution in [0, 0.1) is 0 Å². The van der Waals surface area contributed by atoms with E-state index in [9.17, 15) is 13.5 Å². The molecule has 100 valence electrons. The third-order valence-electron chi connectivity index (χ3n) is 3.18. The van der Waals surface area contributed by atoms with Gasteiger partial charge in [-0.25, -0.2) is 8.42 Å². The number of rotatable bonds is 3. The molecule has 1 N–H and O–H groups in total. The molecule has 0 saturated carbocycles. The smallest absolute Gasteiger partial charge is 0.154 e. The second-order valence-electron chi connectivity index (χ2n) is 4.76. The topological polar surface area (TPSA) is 57.6 Å². The van der Waals surface area contributed by atoms with Crippen molar-refractivity contribution < 1.29 is 13.5 Å². The van der Waals surface area contributed by atoms with Gasteiger partial charge in [0.1, 0.15) is 0 Å². The van der Waals surface area contributed by atoms with Crippen LogP contribution >= 0.6 is 11.6 Å². The van der Waals surface area contributed by atoms with Crippen molar-refractivity contribution in [2.45, 2.75) is 18.7 Å². The molecule has 1 aromatic rings. The summed E-state index contributed by atoms with van der Waals surface area (Å²) in [5.74, 6) is -0.122. The highest BCUT2D eigenvalue weighted by molar-refractivity contribution is 7.91. The molecule has 0 spiro atoms. The van der Waals surface area contributed by atoms with E-state index in [0.717, 1.165) is 5.56 Å². The van der Waals surface area contributed by atoms with Crippen LogP contribution in [0.15, 0.2) is 24.3 Å². The van der Waals surface area contributed by atoms with Crippen molar-refractivity contribution in [3.63, 3.8) is 0 Å². The summed E-state index contributed by atoms with van der Waals surface area (Å²) in [5.41, 5.74) is 1.00. The fraction of sp³-hybridized carbons (Fsp3) is 0.500. The first-order chi connectivity index (χ1) is 8.37. The molecule has 1 saturated heterocycles. The van der Waals surface area contributed by atoms with Crippen molar-refractivity contribution in [1.82, 2.24) is 4.90 Å². The number of aliphatic hydroxyl groups is 1. The molecule has 1 aromatic carbocycles. The van der Waals surface area contributed by atoms with E-state index in [1.54, 1.807) is 6.07 Å². The molecule has 0 bridgehead atoms. The average Bonchev–Trinajstić information content (AvgIpc) is 2.52. The molecule has 1 fully saturated rings. The third kappa shape index (κ3) is 3.23. The SMILES string of the molecule is CN(Cc1cccc(Cl)c1)[C@@H]1CS(=O)(=O)C[C@@H]1O. The summed E-state index contributed by atoms with van der Waals surface area (Å²) in [6, 6.07) is 7.08. The van der Waals surface area contributed by atoms with Gasteiger partial charge in [-0.15, -0.1) is 0 Å². The van der Waals surface area contributed by atoms with Gasteiger partial charge < -0.3 is 5.11 Å². The molecule has 6 heteroatoms. The van der Waals surface area contributed by atoms with Crippen molar-refractivity contribution in [1.29, 1.82) is 0 Å². The zero-order valence-electron chi connectivity index (χ0n) is 10.1. The maximum atomic E-state index is 11.5. The van der Waals surface area contributed by atoms with Crippen LogP contribution in [0.1, 0.15) is 5.56 Å². The molecule has 0 amide bonds. The molecule has 18 heavy (non-hydrogen) atoms. The van der Waals surface area contributed by atoms with Gasteiger partial charge in [0.15, 0.2) is 9.84 Å². The number of hydrogen-bond donors (Lipinski definition) is 1. The number of aliphatic hydroxyl groups excluding tert-OH is 1.